The summed E-state index contributed by atoms with van der Waals surface area (Å²) >= 11 is 0. The number of fused-ring (bicyclic) bond motifs is 2. The van der Waals surface area contributed by atoms with Gasteiger partial charge in [-0.05, 0) is 25.0 Å². The van der Waals surface area contributed by atoms with Crippen LogP contribution in [-0.4, -0.2) is 30.8 Å². The molecule has 2 aromatic carbocycles. The third-order valence-corrected chi connectivity index (χ3v) is 5.22. The molecule has 0 atom stereocenters. The molecule has 1 amide bonds. The maximum absolute atomic E-state index is 12.7. The summed E-state index contributed by atoms with van der Waals surface area (Å²) in [5.74, 6) is 1.06. The van der Waals surface area contributed by atoms with Gasteiger partial charge in [0, 0.05) is 31.1 Å². The normalized spacial score (nSPS) is 16.5. The lowest BCUT2D eigenvalue weighted by Gasteiger charge is -2.30. The highest BCUT2D eigenvalue weighted by Crippen LogP contribution is 2.38. The van der Waals surface area contributed by atoms with Crippen molar-refractivity contribution < 1.29 is 18.7 Å². The maximum atomic E-state index is 12.7. The molecule has 2 aliphatic heterocycles. The molecule has 0 radical (unpaired) electrons. The van der Waals surface area contributed by atoms with E-state index in [0.29, 0.717) is 42.0 Å². The van der Waals surface area contributed by atoms with Crippen molar-refractivity contribution >= 4 is 34.4 Å². The highest BCUT2D eigenvalue weighted by atomic mass is 16.7. The average molecular weight is 380 g/mol. The van der Waals surface area contributed by atoms with Crippen LogP contribution >= 0.6 is 0 Å². The molecule has 2 aliphatic rings. The highest BCUT2D eigenvalue weighted by Gasteiger charge is 2.28. The number of hydrogen-bond acceptors (Lipinski definition) is 7. The number of para-hydroxylation sites is 2. The first-order valence-electron chi connectivity index (χ1n) is 9.28. The van der Waals surface area contributed by atoms with Gasteiger partial charge < -0.3 is 29.8 Å². The van der Waals surface area contributed by atoms with Gasteiger partial charge in [0.05, 0.1) is 11.4 Å². The third kappa shape index (κ3) is 2.96. The van der Waals surface area contributed by atoms with E-state index in [1.807, 2.05) is 24.3 Å². The molecule has 0 bridgehead atoms. The van der Waals surface area contributed by atoms with Crippen LogP contribution in [0.1, 0.15) is 12.8 Å². The van der Waals surface area contributed by atoms with Gasteiger partial charge >= 0.3 is 0 Å². The minimum Gasteiger partial charge on any atom is -0.454 e. The van der Waals surface area contributed by atoms with Crippen molar-refractivity contribution in [2.24, 2.45) is 5.92 Å². The number of nitrogens with one attached hydrogen (secondary N) is 1. The number of carbonyl (C=O) groups excluding carboxylic acids is 1. The van der Waals surface area contributed by atoms with Gasteiger partial charge in [0.25, 0.3) is 6.01 Å². The fourth-order valence-electron chi connectivity index (χ4n) is 3.63. The molecule has 3 heterocycles. The summed E-state index contributed by atoms with van der Waals surface area (Å²) in [6.45, 7) is 1.59. The van der Waals surface area contributed by atoms with E-state index in [-0.39, 0.29) is 18.6 Å². The van der Waals surface area contributed by atoms with Gasteiger partial charge in [-0.2, -0.15) is 4.98 Å². The second kappa shape index (κ2) is 6.63. The Morgan fingerprint density at radius 1 is 1.14 bits per heavy atom. The SMILES string of the molecule is Nc1cc2c(cc1NC(=O)C1CCN(c3nc4ccccc4o3)CC1)OCO2. The summed E-state index contributed by atoms with van der Waals surface area (Å²) in [5.41, 5.74) is 8.66. The van der Waals surface area contributed by atoms with Gasteiger partial charge in [-0.1, -0.05) is 12.1 Å². The highest BCUT2D eigenvalue weighted by molar-refractivity contribution is 5.96. The van der Waals surface area contributed by atoms with Crippen LogP contribution in [-0.2, 0) is 4.79 Å². The van der Waals surface area contributed by atoms with E-state index in [4.69, 9.17) is 19.6 Å². The minimum absolute atomic E-state index is 0.0391. The van der Waals surface area contributed by atoms with Crippen LogP contribution in [0.15, 0.2) is 40.8 Å². The number of ether oxygens (including phenoxy) is 2. The Morgan fingerprint density at radius 3 is 2.68 bits per heavy atom. The zero-order chi connectivity index (χ0) is 19.1. The fraction of sp³-hybridized carbons (Fsp3) is 0.300. The lowest BCUT2D eigenvalue weighted by Crippen LogP contribution is -2.38. The van der Waals surface area contributed by atoms with E-state index in [9.17, 15) is 4.79 Å². The molecule has 0 aliphatic carbocycles. The van der Waals surface area contributed by atoms with Crippen LogP contribution in [0.5, 0.6) is 11.5 Å². The largest absolute Gasteiger partial charge is 0.454 e. The Hall–Kier alpha value is -3.42. The fourth-order valence-corrected chi connectivity index (χ4v) is 3.63. The number of benzene rings is 2. The average Bonchev–Trinajstić information content (AvgIpc) is 3.34. The zero-order valence-corrected chi connectivity index (χ0v) is 15.2. The van der Waals surface area contributed by atoms with Crippen LogP contribution in [0.25, 0.3) is 11.1 Å². The van der Waals surface area contributed by atoms with Crippen molar-refractivity contribution in [1.29, 1.82) is 0 Å². The molecule has 0 saturated carbocycles. The van der Waals surface area contributed by atoms with E-state index in [0.717, 1.165) is 23.9 Å². The molecule has 8 nitrogen and oxygen atoms in total. The summed E-state index contributed by atoms with van der Waals surface area (Å²) in [6, 6.07) is 11.7. The van der Waals surface area contributed by atoms with Crippen molar-refractivity contribution in [2.45, 2.75) is 12.8 Å². The van der Waals surface area contributed by atoms with E-state index in [1.54, 1.807) is 12.1 Å². The maximum Gasteiger partial charge on any atom is 0.298 e. The number of rotatable bonds is 3. The van der Waals surface area contributed by atoms with Crippen molar-refractivity contribution in [3.63, 3.8) is 0 Å². The van der Waals surface area contributed by atoms with E-state index >= 15 is 0 Å². The molecule has 1 aromatic heterocycles. The van der Waals surface area contributed by atoms with Crippen LogP contribution < -0.4 is 25.4 Å². The van der Waals surface area contributed by atoms with Crippen LogP contribution in [0.3, 0.4) is 0 Å². The molecule has 0 spiro atoms. The predicted octanol–water partition coefficient (Wildman–Crippen LogP) is 2.99. The van der Waals surface area contributed by atoms with Gasteiger partial charge in [-0.3, -0.25) is 4.79 Å². The first-order valence-corrected chi connectivity index (χ1v) is 9.28. The Bertz CT molecular complexity index is 1010. The van der Waals surface area contributed by atoms with E-state index in [2.05, 4.69) is 15.2 Å². The summed E-state index contributed by atoms with van der Waals surface area (Å²) in [7, 11) is 0. The monoisotopic (exact) mass is 380 g/mol. The van der Waals surface area contributed by atoms with Gasteiger partial charge in [0.1, 0.15) is 5.52 Å². The molecule has 1 fully saturated rings. The zero-order valence-electron chi connectivity index (χ0n) is 15.2. The number of aromatic nitrogens is 1. The Labute approximate surface area is 161 Å². The number of nitrogens with two attached hydrogens (primary N) is 1. The summed E-state index contributed by atoms with van der Waals surface area (Å²) in [6.07, 6.45) is 1.43. The van der Waals surface area contributed by atoms with E-state index < -0.39 is 0 Å². The molecule has 8 heteroatoms. The van der Waals surface area contributed by atoms with Crippen molar-refractivity contribution in [3.8, 4) is 11.5 Å². The first kappa shape index (κ1) is 16.7. The van der Waals surface area contributed by atoms with Crippen molar-refractivity contribution in [2.75, 3.05) is 35.8 Å². The smallest absolute Gasteiger partial charge is 0.298 e. The van der Waals surface area contributed by atoms with Crippen LogP contribution in [0, 0.1) is 5.92 Å². The van der Waals surface area contributed by atoms with Crippen molar-refractivity contribution in [3.05, 3.63) is 36.4 Å². The third-order valence-electron chi connectivity index (χ3n) is 5.22. The second-order valence-corrected chi connectivity index (χ2v) is 7.01. The molecular weight excluding hydrogens is 360 g/mol. The summed E-state index contributed by atoms with van der Waals surface area (Å²) < 4.78 is 16.5. The van der Waals surface area contributed by atoms with Crippen LogP contribution in [0.2, 0.25) is 0 Å². The number of carbonyl (C=O) groups is 1. The van der Waals surface area contributed by atoms with E-state index in [1.165, 1.54) is 0 Å². The molecule has 0 unspecified atom stereocenters. The molecular formula is C20H20N4O4. The molecule has 5 rings (SSSR count). The van der Waals surface area contributed by atoms with Gasteiger partial charge in [-0.25, -0.2) is 0 Å². The number of amides is 1. The van der Waals surface area contributed by atoms with Gasteiger partial charge in [0.15, 0.2) is 17.1 Å². The molecule has 3 aromatic rings. The molecule has 1 saturated heterocycles. The molecule has 28 heavy (non-hydrogen) atoms. The van der Waals surface area contributed by atoms with Crippen molar-refractivity contribution in [1.82, 2.24) is 4.98 Å². The second-order valence-electron chi connectivity index (χ2n) is 7.01. The number of anilines is 3. The number of nitrogen functional groups attached to an aromatic ring is 1. The first-order chi connectivity index (χ1) is 13.7. The van der Waals surface area contributed by atoms with Gasteiger partial charge in [0.2, 0.25) is 12.7 Å². The molecule has 3 N–H and O–H groups in total. The van der Waals surface area contributed by atoms with Crippen LogP contribution in [0.4, 0.5) is 17.4 Å². The standard InChI is InChI=1S/C20H20N4O4/c21-13-9-17-18(27-11-26-17)10-15(13)22-19(25)12-5-7-24(8-6-12)20-23-14-3-1-2-4-16(14)28-20/h1-4,9-10,12H,5-8,11,21H2,(H,22,25). The number of hydrogen-bond donors (Lipinski definition) is 2. The summed E-state index contributed by atoms with van der Waals surface area (Å²) in [4.78, 5) is 19.3. The number of piperidine rings is 1. The Balaban J connectivity index is 1.23. The predicted molar refractivity (Wildman–Crippen MR) is 105 cm³/mol. The quantitative estimate of drug-likeness (QED) is 0.673. The lowest BCUT2D eigenvalue weighted by atomic mass is 9.96. The number of nitrogens with zero attached hydrogens (tertiary/aromatic N) is 2. The Morgan fingerprint density at radius 2 is 1.89 bits per heavy atom. The summed E-state index contributed by atoms with van der Waals surface area (Å²) in [5, 5.41) is 2.93. The topological polar surface area (TPSA) is 103 Å². The number of oxazole rings is 1. The lowest BCUT2D eigenvalue weighted by molar-refractivity contribution is -0.120. The Kier molecular flexibility index (Phi) is 3.96. The van der Waals surface area contributed by atoms with Gasteiger partial charge in [-0.15, -0.1) is 0 Å². The molecule has 144 valence electrons. The minimum atomic E-state index is -0.0922.